The Morgan fingerprint density at radius 3 is 3.07 bits per heavy atom. The van der Waals surface area contributed by atoms with Crippen LogP contribution in [0.3, 0.4) is 0 Å². The third-order valence-corrected chi connectivity index (χ3v) is 2.32. The van der Waals surface area contributed by atoms with Crippen molar-refractivity contribution in [2.45, 2.75) is 26.2 Å². The summed E-state index contributed by atoms with van der Waals surface area (Å²) in [6.07, 6.45) is 3.66. The van der Waals surface area contributed by atoms with Gasteiger partial charge in [-0.2, -0.15) is 4.98 Å². The minimum absolute atomic E-state index is 0.495. The van der Waals surface area contributed by atoms with Crippen molar-refractivity contribution in [3.8, 4) is 0 Å². The summed E-state index contributed by atoms with van der Waals surface area (Å²) in [6, 6.07) is 0.495. The number of anilines is 1. The Bertz CT molecular complexity index is 297. The zero-order valence-electron chi connectivity index (χ0n) is 9.03. The van der Waals surface area contributed by atoms with E-state index in [-0.39, 0.29) is 0 Å². The molecule has 0 atom stereocenters. The number of rotatable bonds is 7. The molecular formula is C10H17N3O2. The largest absolute Gasteiger partial charge is 0.381 e. The monoisotopic (exact) mass is 211 g/mol. The fraction of sp³-hybridized carbons (Fsp3) is 0.800. The maximum atomic E-state index is 5.49. The predicted molar refractivity (Wildman–Crippen MR) is 55.7 cm³/mol. The van der Waals surface area contributed by atoms with E-state index in [0.717, 1.165) is 32.1 Å². The number of nitrogens with zero attached hydrogens (tertiary/aromatic N) is 2. The Morgan fingerprint density at radius 2 is 2.40 bits per heavy atom. The molecule has 1 heterocycles. The third-order valence-electron chi connectivity index (χ3n) is 2.32. The average Bonchev–Trinajstić information content (AvgIpc) is 2.95. The topological polar surface area (TPSA) is 60.2 Å². The molecule has 1 N–H and O–H groups in total. The van der Waals surface area contributed by atoms with Crippen LogP contribution in [0.1, 0.15) is 25.1 Å². The van der Waals surface area contributed by atoms with Gasteiger partial charge in [0.1, 0.15) is 0 Å². The Labute approximate surface area is 89.2 Å². The fourth-order valence-electron chi connectivity index (χ4n) is 1.27. The lowest BCUT2D eigenvalue weighted by Crippen LogP contribution is -2.07. The quantitative estimate of drug-likeness (QED) is 0.694. The van der Waals surface area contributed by atoms with Gasteiger partial charge < -0.3 is 14.6 Å². The predicted octanol–water partition coefficient (Wildman–Crippen LogP) is 1.61. The first-order valence-corrected chi connectivity index (χ1v) is 5.46. The smallest absolute Gasteiger partial charge is 0.321 e. The van der Waals surface area contributed by atoms with E-state index in [1.165, 1.54) is 12.8 Å². The summed E-state index contributed by atoms with van der Waals surface area (Å²) < 4.78 is 10.4. The normalized spacial score (nSPS) is 15.5. The molecule has 1 aliphatic rings. The van der Waals surface area contributed by atoms with Gasteiger partial charge in [0.05, 0.1) is 0 Å². The minimum atomic E-state index is 0.495. The second kappa shape index (κ2) is 5.11. The van der Waals surface area contributed by atoms with Crippen LogP contribution >= 0.6 is 0 Å². The summed E-state index contributed by atoms with van der Waals surface area (Å²) in [5.41, 5.74) is 0. The molecule has 0 saturated heterocycles. The number of ether oxygens (including phenoxy) is 1. The Kier molecular flexibility index (Phi) is 3.55. The van der Waals surface area contributed by atoms with Gasteiger partial charge >= 0.3 is 6.01 Å². The number of aromatic nitrogens is 2. The van der Waals surface area contributed by atoms with Crippen molar-refractivity contribution in [1.82, 2.24) is 10.1 Å². The van der Waals surface area contributed by atoms with Gasteiger partial charge in [-0.15, -0.1) is 0 Å². The number of hydrogen-bond acceptors (Lipinski definition) is 5. The van der Waals surface area contributed by atoms with Crippen LogP contribution in [0.25, 0.3) is 0 Å². The first-order chi connectivity index (χ1) is 7.34. The molecule has 1 aromatic rings. The van der Waals surface area contributed by atoms with Crippen LogP contribution in [-0.2, 0) is 4.74 Å². The zero-order chi connectivity index (χ0) is 10.5. The SMILES string of the molecule is Cc1noc(NCCCOCC2CC2)n1. The summed E-state index contributed by atoms with van der Waals surface area (Å²) in [7, 11) is 0. The molecule has 1 fully saturated rings. The number of aryl methyl sites for hydroxylation is 1. The first-order valence-electron chi connectivity index (χ1n) is 5.46. The van der Waals surface area contributed by atoms with E-state index in [1.54, 1.807) is 6.92 Å². The fourth-order valence-corrected chi connectivity index (χ4v) is 1.27. The maximum absolute atomic E-state index is 5.49. The van der Waals surface area contributed by atoms with Gasteiger partial charge in [-0.05, 0) is 32.1 Å². The van der Waals surface area contributed by atoms with Crippen molar-refractivity contribution in [3.05, 3.63) is 5.82 Å². The van der Waals surface area contributed by atoms with Gasteiger partial charge in [-0.1, -0.05) is 5.16 Å². The van der Waals surface area contributed by atoms with Crippen molar-refractivity contribution in [3.63, 3.8) is 0 Å². The lowest BCUT2D eigenvalue weighted by molar-refractivity contribution is 0.124. The molecule has 0 amide bonds. The van der Waals surface area contributed by atoms with Crippen LogP contribution < -0.4 is 5.32 Å². The van der Waals surface area contributed by atoms with E-state index in [4.69, 9.17) is 9.26 Å². The molecule has 1 saturated carbocycles. The Balaban J connectivity index is 1.47. The average molecular weight is 211 g/mol. The lowest BCUT2D eigenvalue weighted by atomic mass is 10.4. The molecule has 5 nitrogen and oxygen atoms in total. The Hall–Kier alpha value is -1.10. The van der Waals surface area contributed by atoms with E-state index >= 15 is 0 Å². The summed E-state index contributed by atoms with van der Waals surface area (Å²) in [4.78, 5) is 4.04. The summed E-state index contributed by atoms with van der Waals surface area (Å²) in [5.74, 6) is 1.50. The minimum Gasteiger partial charge on any atom is -0.381 e. The molecule has 2 rings (SSSR count). The van der Waals surface area contributed by atoms with Gasteiger partial charge in [0.2, 0.25) is 0 Å². The van der Waals surface area contributed by atoms with Gasteiger partial charge in [-0.25, -0.2) is 0 Å². The zero-order valence-corrected chi connectivity index (χ0v) is 9.03. The van der Waals surface area contributed by atoms with Crippen molar-refractivity contribution in [2.75, 3.05) is 25.1 Å². The molecule has 1 aromatic heterocycles. The molecule has 0 radical (unpaired) electrons. The van der Waals surface area contributed by atoms with E-state index in [0.29, 0.717) is 11.8 Å². The van der Waals surface area contributed by atoms with E-state index in [9.17, 15) is 0 Å². The molecule has 0 unspecified atom stereocenters. The van der Waals surface area contributed by atoms with Crippen LogP contribution in [0.4, 0.5) is 6.01 Å². The van der Waals surface area contributed by atoms with Crippen molar-refractivity contribution < 1.29 is 9.26 Å². The highest BCUT2D eigenvalue weighted by atomic mass is 16.5. The molecule has 5 heteroatoms. The molecular weight excluding hydrogens is 194 g/mol. The Morgan fingerprint density at radius 1 is 1.53 bits per heavy atom. The molecule has 0 aliphatic heterocycles. The maximum Gasteiger partial charge on any atom is 0.321 e. The molecule has 84 valence electrons. The van der Waals surface area contributed by atoms with E-state index < -0.39 is 0 Å². The van der Waals surface area contributed by atoms with E-state index in [2.05, 4.69) is 15.5 Å². The van der Waals surface area contributed by atoms with Crippen LogP contribution in [0.2, 0.25) is 0 Å². The highest BCUT2D eigenvalue weighted by molar-refractivity contribution is 5.17. The number of hydrogen-bond donors (Lipinski definition) is 1. The van der Waals surface area contributed by atoms with Gasteiger partial charge in [-0.3, -0.25) is 0 Å². The van der Waals surface area contributed by atoms with Crippen LogP contribution in [-0.4, -0.2) is 29.9 Å². The third kappa shape index (κ3) is 3.87. The molecule has 0 bridgehead atoms. The summed E-state index contributed by atoms with van der Waals surface area (Å²) in [6.45, 7) is 4.34. The first kappa shape index (κ1) is 10.4. The highest BCUT2D eigenvalue weighted by Crippen LogP contribution is 2.28. The summed E-state index contributed by atoms with van der Waals surface area (Å²) >= 11 is 0. The molecule has 0 aromatic carbocycles. The molecule has 15 heavy (non-hydrogen) atoms. The molecule has 1 aliphatic carbocycles. The second-order valence-corrected chi connectivity index (χ2v) is 3.95. The summed E-state index contributed by atoms with van der Waals surface area (Å²) in [5, 5.41) is 6.73. The number of nitrogens with one attached hydrogen (secondary N) is 1. The van der Waals surface area contributed by atoms with Gasteiger partial charge in [0, 0.05) is 19.8 Å². The van der Waals surface area contributed by atoms with E-state index in [1.807, 2.05) is 0 Å². The standard InChI is InChI=1S/C10H17N3O2/c1-8-12-10(15-13-8)11-5-2-6-14-7-9-3-4-9/h9H,2-7H2,1H3,(H,11,12,13). The van der Waals surface area contributed by atoms with Crippen molar-refractivity contribution >= 4 is 6.01 Å². The van der Waals surface area contributed by atoms with Crippen molar-refractivity contribution in [1.29, 1.82) is 0 Å². The van der Waals surface area contributed by atoms with Gasteiger partial charge in [0.25, 0.3) is 0 Å². The van der Waals surface area contributed by atoms with Crippen LogP contribution in [0.15, 0.2) is 4.52 Å². The van der Waals surface area contributed by atoms with Crippen LogP contribution in [0.5, 0.6) is 0 Å². The van der Waals surface area contributed by atoms with Gasteiger partial charge in [0.15, 0.2) is 5.82 Å². The molecule has 0 spiro atoms. The second-order valence-electron chi connectivity index (χ2n) is 3.95. The van der Waals surface area contributed by atoms with Crippen LogP contribution in [0, 0.1) is 12.8 Å². The highest BCUT2D eigenvalue weighted by Gasteiger charge is 2.20. The van der Waals surface area contributed by atoms with Crippen molar-refractivity contribution in [2.24, 2.45) is 5.92 Å². The lowest BCUT2D eigenvalue weighted by Gasteiger charge is -2.02.